The first-order valence-electron chi connectivity index (χ1n) is 0. The van der Waals surface area contributed by atoms with Gasteiger partial charge >= 0.3 is 84.1 Å². The van der Waals surface area contributed by atoms with Crippen molar-refractivity contribution in [1.82, 2.24) is 0 Å². The van der Waals surface area contributed by atoms with Crippen LogP contribution in [0.2, 0.25) is 0 Å². The molecule has 0 saturated carbocycles. The molecule has 0 N–H and O–H groups in total. The second-order valence-corrected chi connectivity index (χ2v) is 0. The molecule has 0 aromatic carbocycles. The van der Waals surface area contributed by atoms with E-state index in [1.807, 2.05) is 0 Å². The molecule has 32 valence electrons. The summed E-state index contributed by atoms with van der Waals surface area (Å²) in [6, 6.07) is 0. The molecule has 6 heavy (non-hydrogen) atoms. The maximum absolute atomic E-state index is 0. The van der Waals surface area contributed by atoms with Gasteiger partial charge < -0.3 is 18.8 Å². The molecule has 0 amide bonds. The topological polar surface area (TPSA) is 0 Å². The first kappa shape index (κ1) is 77.8. The van der Waals surface area contributed by atoms with Gasteiger partial charge in [-0.1, -0.05) is 0 Å². The van der Waals surface area contributed by atoms with Gasteiger partial charge in [-0.05, 0) is 0 Å². The number of hydrogen-bond donors (Lipinski definition) is 0. The fourth-order valence-electron chi connectivity index (χ4n) is 0. The van der Waals surface area contributed by atoms with Crippen LogP contribution in [-0.2, 0) is 32.7 Å². The van der Waals surface area contributed by atoms with Crippen LogP contribution in [0.15, 0.2) is 0 Å². The molecule has 6 heteroatoms. The van der Waals surface area contributed by atoms with E-state index in [4.69, 9.17) is 0 Å². The SMILES string of the molecule is [F-].[F-].[F-].[F-].[K+].[Y+3]. The van der Waals surface area contributed by atoms with Gasteiger partial charge in [-0.2, -0.15) is 0 Å². The van der Waals surface area contributed by atoms with Gasteiger partial charge in [0.1, 0.15) is 0 Å². The summed E-state index contributed by atoms with van der Waals surface area (Å²) in [5.41, 5.74) is 0. The molecule has 0 aliphatic heterocycles. The van der Waals surface area contributed by atoms with Crippen molar-refractivity contribution in [1.29, 1.82) is 0 Å². The minimum absolute atomic E-state index is 0. The predicted octanol–water partition coefficient (Wildman–Crippen LogP) is -15.0. The molecule has 0 aliphatic rings. The minimum Gasteiger partial charge on any atom is -1.00 e. The number of hydrogen-bond acceptors (Lipinski definition) is 0. The monoisotopic (exact) mass is 204 g/mol. The summed E-state index contributed by atoms with van der Waals surface area (Å²) in [6.45, 7) is 0. The van der Waals surface area contributed by atoms with E-state index in [1.165, 1.54) is 0 Å². The van der Waals surface area contributed by atoms with Crippen LogP contribution in [0.3, 0.4) is 0 Å². The number of halogens is 4. The minimum atomic E-state index is 0. The van der Waals surface area contributed by atoms with Crippen molar-refractivity contribution in [2.24, 2.45) is 0 Å². The van der Waals surface area contributed by atoms with E-state index in [0.717, 1.165) is 0 Å². The Bertz CT molecular complexity index is 7.51. The second-order valence-electron chi connectivity index (χ2n) is 0. The van der Waals surface area contributed by atoms with E-state index in [0.29, 0.717) is 0 Å². The second kappa shape index (κ2) is 51.4. The van der Waals surface area contributed by atoms with E-state index >= 15 is 0 Å². The van der Waals surface area contributed by atoms with E-state index in [1.54, 1.807) is 0 Å². The summed E-state index contributed by atoms with van der Waals surface area (Å²) in [7, 11) is 0. The molecule has 0 spiro atoms. The molecule has 0 unspecified atom stereocenters. The van der Waals surface area contributed by atoms with Crippen molar-refractivity contribution < 1.29 is 103 Å². The Morgan fingerprint density at radius 3 is 0.500 bits per heavy atom. The van der Waals surface area contributed by atoms with Crippen molar-refractivity contribution in [2.75, 3.05) is 0 Å². The fourth-order valence-corrected chi connectivity index (χ4v) is 0. The standard InChI is InChI=1S/4FH.K.Y/h4*1H;;/q;;;;+1;+3/p-4. The largest absolute Gasteiger partial charge is 3.00 e. The van der Waals surface area contributed by atoms with Crippen molar-refractivity contribution in [3.8, 4) is 0 Å². The van der Waals surface area contributed by atoms with Crippen LogP contribution >= 0.6 is 0 Å². The third-order valence-corrected chi connectivity index (χ3v) is 0. The summed E-state index contributed by atoms with van der Waals surface area (Å²) < 4.78 is 0. The Morgan fingerprint density at radius 1 is 0.500 bits per heavy atom. The molecule has 0 aromatic heterocycles. The van der Waals surface area contributed by atoms with Crippen molar-refractivity contribution in [3.05, 3.63) is 0 Å². The van der Waals surface area contributed by atoms with Crippen LogP contribution in [0.4, 0.5) is 0 Å². The first-order valence-corrected chi connectivity index (χ1v) is 0. The molecular weight excluding hydrogens is 204 g/mol. The summed E-state index contributed by atoms with van der Waals surface area (Å²) in [6.07, 6.45) is 0. The van der Waals surface area contributed by atoms with Gasteiger partial charge in [-0.3, -0.25) is 0 Å². The molecule has 0 saturated heterocycles. The van der Waals surface area contributed by atoms with Crippen molar-refractivity contribution in [2.45, 2.75) is 0 Å². The number of rotatable bonds is 0. The van der Waals surface area contributed by atoms with Crippen molar-refractivity contribution >= 4 is 0 Å². The third kappa shape index (κ3) is 31.8. The molecule has 0 nitrogen and oxygen atoms in total. The van der Waals surface area contributed by atoms with Gasteiger partial charge in [-0.25, -0.2) is 0 Å². The summed E-state index contributed by atoms with van der Waals surface area (Å²) in [5, 5.41) is 0. The molecule has 0 fully saturated rings. The fraction of sp³-hybridized carbons (Fsp3) is 0. The van der Waals surface area contributed by atoms with Gasteiger partial charge in [-0.15, -0.1) is 0 Å². The van der Waals surface area contributed by atoms with Crippen LogP contribution < -0.4 is 70.2 Å². The normalized spacial score (nSPS) is 0. The predicted molar refractivity (Wildman–Crippen MR) is 0 cm³/mol. The average molecular weight is 204 g/mol. The maximum atomic E-state index is 0. The van der Waals surface area contributed by atoms with Crippen LogP contribution in [0.25, 0.3) is 0 Å². The Kier molecular flexibility index (Phi) is 667. The molecular formula is F4KY. The van der Waals surface area contributed by atoms with Crippen LogP contribution in [0.1, 0.15) is 0 Å². The van der Waals surface area contributed by atoms with Gasteiger partial charge in [0, 0.05) is 0 Å². The van der Waals surface area contributed by atoms with E-state index < -0.39 is 0 Å². The van der Waals surface area contributed by atoms with Crippen molar-refractivity contribution in [3.63, 3.8) is 0 Å². The van der Waals surface area contributed by atoms with Crippen LogP contribution in [-0.4, -0.2) is 0 Å². The smallest absolute Gasteiger partial charge is 1.00 e. The molecule has 0 radical (unpaired) electrons. The molecule has 0 heterocycles. The van der Waals surface area contributed by atoms with Gasteiger partial charge in [0.15, 0.2) is 0 Å². The van der Waals surface area contributed by atoms with E-state index in [9.17, 15) is 0 Å². The quantitative estimate of drug-likeness (QED) is 0.271. The summed E-state index contributed by atoms with van der Waals surface area (Å²) in [4.78, 5) is 0. The van der Waals surface area contributed by atoms with Gasteiger partial charge in [0.2, 0.25) is 0 Å². The third-order valence-electron chi connectivity index (χ3n) is 0. The summed E-state index contributed by atoms with van der Waals surface area (Å²) in [5.74, 6) is 0. The molecule has 0 atom stereocenters. The van der Waals surface area contributed by atoms with Crippen LogP contribution in [0.5, 0.6) is 0 Å². The molecule has 0 rings (SSSR count). The Hall–Kier alpha value is 2.46. The Labute approximate surface area is 101 Å². The zero-order valence-electron chi connectivity index (χ0n) is 3.09. The molecule has 0 aliphatic carbocycles. The zero-order chi connectivity index (χ0) is 0. The zero-order valence-corrected chi connectivity index (χ0v) is 9.05. The molecule has 0 bridgehead atoms. The van der Waals surface area contributed by atoms with Gasteiger partial charge in [0.05, 0.1) is 0 Å². The van der Waals surface area contributed by atoms with Gasteiger partial charge in [0.25, 0.3) is 0 Å². The Morgan fingerprint density at radius 2 is 0.500 bits per heavy atom. The average Bonchev–Trinajstić information content (AvgIpc) is 0. The summed E-state index contributed by atoms with van der Waals surface area (Å²) >= 11 is 0. The van der Waals surface area contributed by atoms with Crippen LogP contribution in [0, 0.1) is 0 Å². The van der Waals surface area contributed by atoms with E-state index in [2.05, 4.69) is 0 Å². The molecule has 0 aromatic rings. The Balaban J connectivity index is 0. The first-order chi connectivity index (χ1) is 0. The van der Waals surface area contributed by atoms with E-state index in [-0.39, 0.29) is 103 Å². The maximum Gasteiger partial charge on any atom is 3.00 e.